The largest absolute Gasteiger partial charge is 0.466 e. The van der Waals surface area contributed by atoms with E-state index in [0.29, 0.717) is 25.9 Å². The molecule has 6 nitrogen and oxygen atoms in total. The van der Waals surface area contributed by atoms with Crippen molar-refractivity contribution in [2.75, 3.05) is 13.2 Å². The van der Waals surface area contributed by atoms with Crippen molar-refractivity contribution in [1.82, 2.24) is 5.32 Å². The van der Waals surface area contributed by atoms with Crippen LogP contribution in [-0.4, -0.2) is 47.4 Å². The molecule has 0 aliphatic carbocycles. The highest BCUT2D eigenvalue weighted by Crippen LogP contribution is 2.19. The van der Waals surface area contributed by atoms with Crippen molar-refractivity contribution in [3.05, 3.63) is 24.3 Å². The molecule has 0 heterocycles. The molecule has 0 aromatic rings. The number of unbranched alkanes of at least 4 members (excludes halogenated alkanes) is 50. The number of carbonyl (C=O) groups excluding carboxylic acids is 2. The van der Waals surface area contributed by atoms with Gasteiger partial charge in [-0.1, -0.05) is 340 Å². The third-order valence-electron chi connectivity index (χ3n) is 16.3. The fraction of sp³-hybridized carbons (Fsp3) is 0.914. The summed E-state index contributed by atoms with van der Waals surface area (Å²) in [4.78, 5) is 24.5. The minimum Gasteiger partial charge on any atom is -0.466 e. The van der Waals surface area contributed by atoms with Crippen molar-refractivity contribution >= 4 is 11.9 Å². The Morgan fingerprint density at radius 2 is 0.658 bits per heavy atom. The van der Waals surface area contributed by atoms with E-state index in [-0.39, 0.29) is 18.5 Å². The second-order valence-electron chi connectivity index (χ2n) is 23.9. The SMILES string of the molecule is CCCCCC/C=C\C/C=C\CCCCCCCCCC(=O)OCCCCCCCCCCCCCCCCCCCCCCCCCCCCCCCCCC(=O)NC(CO)C(O)CCCCCCCCCCCC. The molecule has 76 heavy (non-hydrogen) atoms. The average molecular weight is 1070 g/mol. The van der Waals surface area contributed by atoms with Crippen LogP contribution in [0.25, 0.3) is 0 Å². The number of hydrogen-bond donors (Lipinski definition) is 3. The fourth-order valence-corrected chi connectivity index (χ4v) is 11.0. The van der Waals surface area contributed by atoms with Crippen LogP contribution in [0.2, 0.25) is 0 Å². The Labute approximate surface area is 475 Å². The van der Waals surface area contributed by atoms with Crippen LogP contribution in [0.15, 0.2) is 24.3 Å². The lowest BCUT2D eigenvalue weighted by atomic mass is 10.0. The van der Waals surface area contributed by atoms with Crippen LogP contribution in [-0.2, 0) is 14.3 Å². The van der Waals surface area contributed by atoms with Crippen molar-refractivity contribution in [3.63, 3.8) is 0 Å². The number of allylic oxidation sites excluding steroid dienone is 4. The van der Waals surface area contributed by atoms with Gasteiger partial charge in [-0.25, -0.2) is 0 Å². The molecule has 450 valence electrons. The van der Waals surface area contributed by atoms with E-state index in [2.05, 4.69) is 43.5 Å². The van der Waals surface area contributed by atoms with Gasteiger partial charge in [0.25, 0.3) is 0 Å². The van der Waals surface area contributed by atoms with E-state index in [4.69, 9.17) is 4.74 Å². The molecule has 1 amide bonds. The predicted molar refractivity (Wildman–Crippen MR) is 333 cm³/mol. The number of ether oxygens (including phenoxy) is 1. The zero-order valence-corrected chi connectivity index (χ0v) is 51.5. The van der Waals surface area contributed by atoms with E-state index < -0.39 is 12.1 Å². The van der Waals surface area contributed by atoms with Crippen molar-refractivity contribution in [3.8, 4) is 0 Å². The Morgan fingerprint density at radius 3 is 1.01 bits per heavy atom. The Bertz CT molecular complexity index is 1190. The number of esters is 1. The quantitative estimate of drug-likeness (QED) is 0.0320. The Balaban J connectivity index is 3.29. The summed E-state index contributed by atoms with van der Waals surface area (Å²) in [6.07, 6.45) is 82.4. The molecule has 0 saturated carbocycles. The molecule has 6 heteroatoms. The molecule has 0 aromatic heterocycles. The van der Waals surface area contributed by atoms with Crippen LogP contribution in [0.3, 0.4) is 0 Å². The molecule has 3 N–H and O–H groups in total. The van der Waals surface area contributed by atoms with E-state index in [1.54, 1.807) is 0 Å². The van der Waals surface area contributed by atoms with E-state index in [9.17, 15) is 19.8 Å². The van der Waals surface area contributed by atoms with Gasteiger partial charge in [0.2, 0.25) is 5.91 Å². The van der Waals surface area contributed by atoms with Gasteiger partial charge in [0.1, 0.15) is 0 Å². The topological polar surface area (TPSA) is 95.9 Å². The third-order valence-corrected chi connectivity index (χ3v) is 16.3. The molecule has 0 aliphatic heterocycles. The zero-order valence-electron chi connectivity index (χ0n) is 51.5. The maximum Gasteiger partial charge on any atom is 0.305 e. The third kappa shape index (κ3) is 61.6. The maximum absolute atomic E-state index is 12.4. The van der Waals surface area contributed by atoms with Gasteiger partial charge in [-0.15, -0.1) is 0 Å². The normalized spacial score (nSPS) is 12.6. The monoisotopic (exact) mass is 1070 g/mol. The van der Waals surface area contributed by atoms with Crippen LogP contribution in [0.1, 0.15) is 386 Å². The molecule has 0 bridgehead atoms. The smallest absolute Gasteiger partial charge is 0.305 e. The number of amides is 1. The summed E-state index contributed by atoms with van der Waals surface area (Å²) in [6, 6.07) is -0.536. The summed E-state index contributed by atoms with van der Waals surface area (Å²) in [5, 5.41) is 23.2. The predicted octanol–water partition coefficient (Wildman–Crippen LogP) is 22.1. The summed E-state index contributed by atoms with van der Waals surface area (Å²) in [5.74, 6) is -0.0169. The maximum atomic E-state index is 12.4. The van der Waals surface area contributed by atoms with Crippen LogP contribution >= 0.6 is 0 Å². The lowest BCUT2D eigenvalue weighted by molar-refractivity contribution is -0.143. The second kappa shape index (κ2) is 65.9. The van der Waals surface area contributed by atoms with Crippen LogP contribution in [0, 0.1) is 0 Å². The van der Waals surface area contributed by atoms with Gasteiger partial charge in [-0.05, 0) is 57.8 Å². The molecule has 0 radical (unpaired) electrons. The van der Waals surface area contributed by atoms with Gasteiger partial charge >= 0.3 is 5.97 Å². The van der Waals surface area contributed by atoms with Crippen molar-refractivity contribution in [2.24, 2.45) is 0 Å². The molecule has 0 rings (SSSR count). The first-order valence-corrected chi connectivity index (χ1v) is 34.6. The average Bonchev–Trinajstić information content (AvgIpc) is 3.42. The molecule has 0 aliphatic rings. The van der Waals surface area contributed by atoms with E-state index in [0.717, 1.165) is 51.4 Å². The van der Waals surface area contributed by atoms with Gasteiger partial charge in [-0.3, -0.25) is 9.59 Å². The zero-order chi connectivity index (χ0) is 55.0. The molecule has 0 aromatic carbocycles. The minimum absolute atomic E-state index is 0.0138. The van der Waals surface area contributed by atoms with Crippen molar-refractivity contribution in [2.45, 2.75) is 398 Å². The lowest BCUT2D eigenvalue weighted by Gasteiger charge is -2.22. The number of carbonyl (C=O) groups is 2. The van der Waals surface area contributed by atoms with E-state index >= 15 is 0 Å². The Kier molecular flexibility index (Phi) is 64.4. The molecule has 2 unspecified atom stereocenters. The molecule has 0 fully saturated rings. The number of rotatable bonds is 65. The fourth-order valence-electron chi connectivity index (χ4n) is 11.0. The van der Waals surface area contributed by atoms with E-state index in [1.807, 2.05) is 0 Å². The Morgan fingerprint density at radius 1 is 0.368 bits per heavy atom. The van der Waals surface area contributed by atoms with Crippen LogP contribution in [0.5, 0.6) is 0 Å². The summed E-state index contributed by atoms with van der Waals surface area (Å²) in [6.45, 7) is 4.95. The summed E-state index contributed by atoms with van der Waals surface area (Å²) < 4.78 is 5.50. The number of hydrogen-bond acceptors (Lipinski definition) is 5. The summed E-state index contributed by atoms with van der Waals surface area (Å²) >= 11 is 0. The van der Waals surface area contributed by atoms with Crippen LogP contribution in [0.4, 0.5) is 0 Å². The van der Waals surface area contributed by atoms with Crippen molar-refractivity contribution in [1.29, 1.82) is 0 Å². The van der Waals surface area contributed by atoms with Crippen LogP contribution < -0.4 is 5.32 Å². The number of nitrogens with one attached hydrogen (secondary N) is 1. The van der Waals surface area contributed by atoms with Gasteiger partial charge in [0.15, 0.2) is 0 Å². The molecule has 2 atom stereocenters. The first-order chi connectivity index (χ1) is 37.5. The Hall–Kier alpha value is -1.66. The minimum atomic E-state index is -0.659. The summed E-state index contributed by atoms with van der Waals surface area (Å²) in [5.41, 5.74) is 0. The molecule has 0 spiro atoms. The van der Waals surface area contributed by atoms with Gasteiger partial charge < -0.3 is 20.3 Å². The standard InChI is InChI=1S/C70H135NO5/c1-3-5-7-9-11-13-15-16-17-18-35-38-41-44-48-52-56-60-64-70(75)76-65-61-57-53-49-45-42-39-36-33-31-29-27-25-23-21-19-20-22-24-26-28-30-32-34-37-40-43-47-51-55-59-63-69(74)71-67(66-72)68(73)62-58-54-50-46-14-12-10-8-6-4-2/h13,15,17-18,67-68,72-73H,3-12,14,16,19-66H2,1-2H3,(H,71,74)/b15-13-,18-17-. The molecular weight excluding hydrogens is 935 g/mol. The van der Waals surface area contributed by atoms with Gasteiger partial charge in [0.05, 0.1) is 25.4 Å². The first-order valence-electron chi connectivity index (χ1n) is 34.6. The molecular formula is C70H135NO5. The van der Waals surface area contributed by atoms with Gasteiger partial charge in [0, 0.05) is 12.8 Å². The summed E-state index contributed by atoms with van der Waals surface area (Å²) in [7, 11) is 0. The molecule has 0 saturated heterocycles. The lowest BCUT2D eigenvalue weighted by Crippen LogP contribution is -2.45. The highest BCUT2D eigenvalue weighted by molar-refractivity contribution is 5.76. The number of aliphatic hydroxyl groups is 2. The second-order valence-corrected chi connectivity index (χ2v) is 23.9. The first kappa shape index (κ1) is 74.3. The number of aliphatic hydroxyl groups excluding tert-OH is 2. The van der Waals surface area contributed by atoms with Gasteiger partial charge in [-0.2, -0.15) is 0 Å². The van der Waals surface area contributed by atoms with Crippen molar-refractivity contribution < 1.29 is 24.5 Å². The highest BCUT2D eigenvalue weighted by atomic mass is 16.5. The van der Waals surface area contributed by atoms with E-state index in [1.165, 1.54) is 302 Å². The highest BCUT2D eigenvalue weighted by Gasteiger charge is 2.20.